The zero-order valence-electron chi connectivity index (χ0n) is 17.0. The summed E-state index contributed by atoms with van der Waals surface area (Å²) in [6.07, 6.45) is 4.04. The van der Waals surface area contributed by atoms with Crippen molar-refractivity contribution in [3.8, 4) is 0 Å². The second kappa shape index (κ2) is 12.9. The standard InChI is InChI=1S/C22H28O2S2/c23-22(24)14-8-7-13-21(26-18-20-11-5-2-6-12-20)15-16-25-17-19-9-3-1-4-10-19/h1-6,9-12,21H,7-8,13-18H2,(H,23,24)/i3D,5D. The molecule has 2 aromatic carbocycles. The Morgan fingerprint density at radius 2 is 1.65 bits per heavy atom. The third-order valence-corrected chi connectivity index (χ3v) is 6.55. The number of aliphatic carboxylic acids is 1. The number of carbonyl (C=O) groups is 1. The highest BCUT2D eigenvalue weighted by molar-refractivity contribution is 7.99. The molecule has 0 aromatic heterocycles. The topological polar surface area (TPSA) is 37.3 Å². The van der Waals surface area contributed by atoms with Gasteiger partial charge in [-0.1, -0.05) is 67.0 Å². The van der Waals surface area contributed by atoms with E-state index in [9.17, 15) is 4.79 Å². The van der Waals surface area contributed by atoms with Gasteiger partial charge in [0.1, 0.15) is 0 Å². The predicted octanol–water partition coefficient (Wildman–Crippen LogP) is 6.26. The van der Waals surface area contributed by atoms with Crippen LogP contribution in [0.2, 0.25) is 0 Å². The molecule has 0 aliphatic carbocycles. The van der Waals surface area contributed by atoms with E-state index in [1.165, 1.54) is 11.1 Å². The highest BCUT2D eigenvalue weighted by atomic mass is 32.2. The van der Waals surface area contributed by atoms with Crippen molar-refractivity contribution in [2.45, 2.75) is 48.9 Å². The average Bonchev–Trinajstić information content (AvgIpc) is 2.66. The molecule has 0 radical (unpaired) electrons. The fraction of sp³-hybridized carbons (Fsp3) is 0.409. The maximum atomic E-state index is 10.7. The van der Waals surface area contributed by atoms with Crippen molar-refractivity contribution in [3.05, 3.63) is 71.7 Å². The molecule has 2 aromatic rings. The predicted molar refractivity (Wildman–Crippen MR) is 115 cm³/mol. The van der Waals surface area contributed by atoms with Crippen molar-refractivity contribution in [3.63, 3.8) is 0 Å². The van der Waals surface area contributed by atoms with Crippen LogP contribution in [0.4, 0.5) is 0 Å². The van der Waals surface area contributed by atoms with Crippen LogP contribution < -0.4 is 0 Å². The van der Waals surface area contributed by atoms with E-state index in [0.29, 0.717) is 17.3 Å². The Morgan fingerprint density at radius 1 is 0.962 bits per heavy atom. The van der Waals surface area contributed by atoms with Crippen LogP contribution in [0, 0.1) is 0 Å². The average molecular weight is 391 g/mol. The minimum atomic E-state index is -0.719. The van der Waals surface area contributed by atoms with Crippen LogP contribution in [0.5, 0.6) is 0 Å². The Morgan fingerprint density at radius 3 is 2.31 bits per heavy atom. The third kappa shape index (κ3) is 9.35. The second-order valence-electron chi connectivity index (χ2n) is 6.24. The quantitative estimate of drug-likeness (QED) is 0.410. The molecule has 0 heterocycles. The molecule has 2 rings (SSSR count). The normalized spacial score (nSPS) is 13.1. The highest BCUT2D eigenvalue weighted by Crippen LogP contribution is 2.27. The van der Waals surface area contributed by atoms with Crippen LogP contribution in [-0.4, -0.2) is 22.1 Å². The lowest BCUT2D eigenvalue weighted by molar-refractivity contribution is -0.137. The number of hydrogen-bond acceptors (Lipinski definition) is 3. The second-order valence-corrected chi connectivity index (χ2v) is 8.63. The molecule has 4 heteroatoms. The number of carboxylic acid groups (broad SMARTS) is 1. The Balaban J connectivity index is 1.77. The summed E-state index contributed by atoms with van der Waals surface area (Å²) in [5, 5.41) is 9.32. The van der Waals surface area contributed by atoms with E-state index >= 15 is 0 Å². The molecule has 0 aliphatic rings. The van der Waals surface area contributed by atoms with Crippen molar-refractivity contribution in [1.29, 1.82) is 0 Å². The Bertz CT molecular complexity index is 740. The van der Waals surface area contributed by atoms with Gasteiger partial charge in [-0.2, -0.15) is 23.5 Å². The molecule has 0 spiro atoms. The number of unbranched alkanes of at least 4 members (excludes halogenated alkanes) is 1. The lowest BCUT2D eigenvalue weighted by Gasteiger charge is -2.16. The molecule has 0 fully saturated rings. The third-order valence-electron chi connectivity index (χ3n) is 4.05. The maximum Gasteiger partial charge on any atom is 0.303 e. The largest absolute Gasteiger partial charge is 0.481 e. The summed E-state index contributed by atoms with van der Waals surface area (Å²) in [4.78, 5) is 10.7. The fourth-order valence-electron chi connectivity index (χ4n) is 2.62. The van der Waals surface area contributed by atoms with Crippen molar-refractivity contribution >= 4 is 29.5 Å². The number of hydrogen-bond donors (Lipinski definition) is 1. The zero-order chi connectivity index (χ0) is 20.2. The van der Waals surface area contributed by atoms with Crippen LogP contribution >= 0.6 is 23.5 Å². The van der Waals surface area contributed by atoms with Gasteiger partial charge in [0.25, 0.3) is 0 Å². The number of rotatable bonds is 13. The fourth-order valence-corrected chi connectivity index (χ4v) is 5.00. The summed E-state index contributed by atoms with van der Waals surface area (Å²) in [6.45, 7) is 0. The molecular formula is C22H28O2S2. The van der Waals surface area contributed by atoms with Crippen LogP contribution in [0.1, 0.15) is 46.0 Å². The van der Waals surface area contributed by atoms with Crippen molar-refractivity contribution < 1.29 is 12.6 Å². The molecule has 0 amide bonds. The summed E-state index contributed by atoms with van der Waals surface area (Å²) in [7, 11) is 0. The number of carboxylic acids is 1. The summed E-state index contributed by atoms with van der Waals surface area (Å²) >= 11 is 3.81. The first-order valence-electron chi connectivity index (χ1n) is 10.0. The van der Waals surface area contributed by atoms with Gasteiger partial charge < -0.3 is 5.11 Å². The first-order valence-corrected chi connectivity index (χ1v) is 11.3. The smallest absolute Gasteiger partial charge is 0.303 e. The Kier molecular flexibility index (Phi) is 8.92. The van der Waals surface area contributed by atoms with E-state index in [4.69, 9.17) is 7.85 Å². The first-order chi connectivity index (χ1) is 13.5. The lowest BCUT2D eigenvalue weighted by Crippen LogP contribution is -2.06. The Hall–Kier alpha value is -1.39. The lowest BCUT2D eigenvalue weighted by atomic mass is 10.1. The van der Waals surface area contributed by atoms with Crippen LogP contribution in [0.15, 0.2) is 60.6 Å². The molecule has 26 heavy (non-hydrogen) atoms. The Labute approximate surface area is 168 Å². The van der Waals surface area contributed by atoms with E-state index in [0.717, 1.165) is 42.9 Å². The summed E-state index contributed by atoms with van der Waals surface area (Å²) in [5.41, 5.74) is 2.36. The molecule has 140 valence electrons. The monoisotopic (exact) mass is 390 g/mol. The minimum Gasteiger partial charge on any atom is -0.481 e. The van der Waals surface area contributed by atoms with E-state index < -0.39 is 5.97 Å². The van der Waals surface area contributed by atoms with E-state index in [1.54, 1.807) is 12.1 Å². The highest BCUT2D eigenvalue weighted by Gasteiger charge is 2.10. The zero-order valence-corrected chi connectivity index (χ0v) is 16.7. The van der Waals surface area contributed by atoms with Gasteiger partial charge in [-0.3, -0.25) is 4.79 Å². The van der Waals surface area contributed by atoms with Gasteiger partial charge in [0.05, 0.1) is 2.74 Å². The van der Waals surface area contributed by atoms with E-state index in [2.05, 4.69) is 12.1 Å². The van der Waals surface area contributed by atoms with Crippen molar-refractivity contribution in [1.82, 2.24) is 0 Å². The molecule has 0 saturated carbocycles. The van der Waals surface area contributed by atoms with Crippen LogP contribution in [0.3, 0.4) is 0 Å². The van der Waals surface area contributed by atoms with Gasteiger partial charge in [-0.15, -0.1) is 0 Å². The summed E-state index contributed by atoms with van der Waals surface area (Å²) in [5.74, 6) is 2.15. The van der Waals surface area contributed by atoms with Crippen LogP contribution in [0.25, 0.3) is 0 Å². The molecular weight excluding hydrogens is 360 g/mol. The summed E-state index contributed by atoms with van der Waals surface area (Å²) in [6, 6.07) is 16.5. The van der Waals surface area contributed by atoms with E-state index in [1.807, 2.05) is 47.8 Å². The molecule has 0 aliphatic heterocycles. The van der Waals surface area contributed by atoms with Gasteiger partial charge in [0, 0.05) is 23.2 Å². The molecule has 0 bridgehead atoms. The maximum absolute atomic E-state index is 10.7. The first kappa shape index (κ1) is 18.0. The molecule has 1 N–H and O–H groups in total. The summed E-state index contributed by atoms with van der Waals surface area (Å²) < 4.78 is 15.4. The molecule has 1 atom stereocenters. The van der Waals surface area contributed by atoms with Gasteiger partial charge >= 0.3 is 5.97 Å². The molecule has 1 unspecified atom stereocenters. The van der Waals surface area contributed by atoms with E-state index in [-0.39, 0.29) is 6.42 Å². The van der Waals surface area contributed by atoms with Gasteiger partial charge in [-0.25, -0.2) is 0 Å². The van der Waals surface area contributed by atoms with Crippen molar-refractivity contribution in [2.75, 3.05) is 5.75 Å². The SMILES string of the molecule is [2H]c1cccc(CSCCC(CCCCC(=O)O)SCc2cccc([2H])c2)c1. The number of thioether (sulfide) groups is 2. The van der Waals surface area contributed by atoms with Gasteiger partial charge in [0.15, 0.2) is 0 Å². The van der Waals surface area contributed by atoms with Crippen molar-refractivity contribution in [2.24, 2.45) is 0 Å². The minimum absolute atomic E-state index is 0.247. The molecule has 2 nitrogen and oxygen atoms in total. The molecule has 0 saturated heterocycles. The van der Waals surface area contributed by atoms with Gasteiger partial charge in [-0.05, 0) is 36.1 Å². The van der Waals surface area contributed by atoms with Crippen LogP contribution in [-0.2, 0) is 16.3 Å². The van der Waals surface area contributed by atoms with Gasteiger partial charge in [0.2, 0.25) is 0 Å². The number of benzene rings is 2.